The second-order valence-electron chi connectivity index (χ2n) is 9.68. The number of nitrogens with zero attached hydrogens (tertiary/aromatic N) is 3. The van der Waals surface area contributed by atoms with Gasteiger partial charge in [0.1, 0.15) is 5.82 Å². The zero-order valence-corrected chi connectivity index (χ0v) is 20.6. The maximum absolute atomic E-state index is 5.16. The summed E-state index contributed by atoms with van der Waals surface area (Å²) >= 11 is 0. The van der Waals surface area contributed by atoms with Crippen LogP contribution in [-0.4, -0.2) is 14.1 Å². The van der Waals surface area contributed by atoms with Crippen LogP contribution in [-0.2, 0) is 0 Å². The Morgan fingerprint density at radius 2 is 1.08 bits per heavy atom. The van der Waals surface area contributed by atoms with E-state index in [-0.39, 0.29) is 0 Å². The third-order valence-corrected chi connectivity index (χ3v) is 7.49. The molecular formula is C35H23N3. The molecule has 3 nitrogen and oxygen atoms in total. The molecule has 0 aliphatic carbocycles. The normalized spacial score (nSPS) is 11.7. The van der Waals surface area contributed by atoms with Gasteiger partial charge in [-0.2, -0.15) is 0 Å². The molecular weight excluding hydrogens is 462 g/mol. The third-order valence-electron chi connectivity index (χ3n) is 7.49. The van der Waals surface area contributed by atoms with Crippen LogP contribution < -0.4 is 0 Å². The van der Waals surface area contributed by atoms with E-state index in [1.807, 2.05) is 6.07 Å². The number of imidazole rings is 1. The van der Waals surface area contributed by atoms with Gasteiger partial charge in [-0.3, -0.25) is 4.57 Å². The Bertz CT molecular complexity index is 2100. The summed E-state index contributed by atoms with van der Waals surface area (Å²) in [6.07, 6.45) is 0. The maximum atomic E-state index is 5.16. The predicted octanol–water partition coefficient (Wildman–Crippen LogP) is 8.94. The van der Waals surface area contributed by atoms with Gasteiger partial charge in [0.2, 0.25) is 0 Å². The summed E-state index contributed by atoms with van der Waals surface area (Å²) in [5.41, 5.74) is 7.88. The fraction of sp³-hybridized carbons (Fsp3) is 0. The first-order chi connectivity index (χ1) is 18.9. The summed E-state index contributed by atoms with van der Waals surface area (Å²) in [7, 11) is 0. The van der Waals surface area contributed by atoms with E-state index in [1.54, 1.807) is 0 Å². The van der Waals surface area contributed by atoms with Gasteiger partial charge < -0.3 is 4.57 Å². The van der Waals surface area contributed by atoms with Crippen molar-refractivity contribution >= 4 is 43.6 Å². The van der Waals surface area contributed by atoms with Crippen molar-refractivity contribution in [2.45, 2.75) is 0 Å². The lowest BCUT2D eigenvalue weighted by Crippen LogP contribution is -1.97. The molecule has 0 fully saturated rings. The molecule has 178 valence electrons. The third kappa shape index (κ3) is 3.06. The van der Waals surface area contributed by atoms with E-state index in [0.29, 0.717) is 0 Å². The molecule has 0 atom stereocenters. The molecule has 0 saturated heterocycles. The van der Waals surface area contributed by atoms with Crippen LogP contribution in [0.15, 0.2) is 140 Å². The van der Waals surface area contributed by atoms with E-state index in [2.05, 4.69) is 143 Å². The Kier molecular flexibility index (Phi) is 4.52. The summed E-state index contributed by atoms with van der Waals surface area (Å²) in [5.74, 6) is 0.949. The molecule has 0 bridgehead atoms. The smallest absolute Gasteiger partial charge is 0.145 e. The highest BCUT2D eigenvalue weighted by atomic mass is 15.1. The molecule has 6 aromatic carbocycles. The van der Waals surface area contributed by atoms with Crippen LogP contribution in [0.5, 0.6) is 0 Å². The Morgan fingerprint density at radius 1 is 0.447 bits per heavy atom. The van der Waals surface area contributed by atoms with Crippen LogP contribution in [0.4, 0.5) is 0 Å². The van der Waals surface area contributed by atoms with E-state index < -0.39 is 0 Å². The van der Waals surface area contributed by atoms with Gasteiger partial charge >= 0.3 is 0 Å². The van der Waals surface area contributed by atoms with Crippen LogP contribution in [0.1, 0.15) is 0 Å². The SMILES string of the molecule is c1ccc(-c2nc3cc4ccc5c(c4cc3n2-c2ccccc2)c2ccccc2n5-c2ccccc2)cc1. The molecule has 0 saturated carbocycles. The van der Waals surface area contributed by atoms with Gasteiger partial charge in [0.15, 0.2) is 0 Å². The van der Waals surface area contributed by atoms with Crippen LogP contribution in [0.25, 0.3) is 66.4 Å². The van der Waals surface area contributed by atoms with Gasteiger partial charge in [0, 0.05) is 27.7 Å². The monoisotopic (exact) mass is 485 g/mol. The van der Waals surface area contributed by atoms with E-state index in [1.165, 1.54) is 38.3 Å². The van der Waals surface area contributed by atoms with Crippen LogP contribution in [0.2, 0.25) is 0 Å². The maximum Gasteiger partial charge on any atom is 0.145 e. The first-order valence-electron chi connectivity index (χ1n) is 12.9. The van der Waals surface area contributed by atoms with Crippen molar-refractivity contribution in [1.29, 1.82) is 0 Å². The van der Waals surface area contributed by atoms with Crippen molar-refractivity contribution < 1.29 is 0 Å². The second kappa shape index (κ2) is 8.19. The fourth-order valence-corrected chi connectivity index (χ4v) is 5.84. The molecule has 0 amide bonds. The number of benzene rings is 6. The zero-order chi connectivity index (χ0) is 25.1. The molecule has 0 unspecified atom stereocenters. The molecule has 38 heavy (non-hydrogen) atoms. The predicted molar refractivity (Wildman–Crippen MR) is 158 cm³/mol. The number of hydrogen-bond acceptors (Lipinski definition) is 1. The largest absolute Gasteiger partial charge is 0.309 e. The molecule has 0 aliphatic rings. The summed E-state index contributed by atoms with van der Waals surface area (Å²) in [6, 6.07) is 49.4. The van der Waals surface area contributed by atoms with Gasteiger partial charge in [0.25, 0.3) is 0 Å². The molecule has 0 radical (unpaired) electrons. The van der Waals surface area contributed by atoms with E-state index in [4.69, 9.17) is 4.98 Å². The molecule has 0 aliphatic heterocycles. The standard InChI is InChI=1S/C35H23N3/c1-4-12-24(13-5-1)35-36-30-22-25-20-21-32-34(29(25)23-33(30)38(35)27-16-8-3-9-17-27)28-18-10-11-19-31(28)37(32)26-14-6-2-7-15-26/h1-23H. The van der Waals surface area contributed by atoms with Crippen molar-refractivity contribution in [1.82, 2.24) is 14.1 Å². The molecule has 2 heterocycles. The summed E-state index contributed by atoms with van der Waals surface area (Å²) < 4.78 is 4.66. The number of hydrogen-bond donors (Lipinski definition) is 0. The summed E-state index contributed by atoms with van der Waals surface area (Å²) in [5, 5.41) is 4.95. The molecule has 0 N–H and O–H groups in total. The Balaban J connectivity index is 1.52. The lowest BCUT2D eigenvalue weighted by molar-refractivity contribution is 1.10. The number of para-hydroxylation sites is 3. The van der Waals surface area contributed by atoms with Gasteiger partial charge in [-0.15, -0.1) is 0 Å². The quantitative estimate of drug-likeness (QED) is 0.245. The minimum Gasteiger partial charge on any atom is -0.309 e. The zero-order valence-electron chi connectivity index (χ0n) is 20.6. The Labute approximate surface area is 219 Å². The van der Waals surface area contributed by atoms with Gasteiger partial charge in [-0.1, -0.05) is 91.0 Å². The molecule has 8 aromatic rings. The number of aromatic nitrogens is 3. The highest BCUT2D eigenvalue weighted by Gasteiger charge is 2.18. The van der Waals surface area contributed by atoms with E-state index in [9.17, 15) is 0 Å². The second-order valence-corrected chi connectivity index (χ2v) is 9.68. The molecule has 0 spiro atoms. The van der Waals surface area contributed by atoms with Crippen molar-refractivity contribution in [3.63, 3.8) is 0 Å². The Morgan fingerprint density at radius 3 is 1.82 bits per heavy atom. The molecule has 8 rings (SSSR count). The van der Waals surface area contributed by atoms with Crippen LogP contribution in [0, 0.1) is 0 Å². The van der Waals surface area contributed by atoms with Crippen LogP contribution in [0.3, 0.4) is 0 Å². The first-order valence-corrected chi connectivity index (χ1v) is 12.9. The van der Waals surface area contributed by atoms with Crippen LogP contribution >= 0.6 is 0 Å². The van der Waals surface area contributed by atoms with E-state index in [0.717, 1.165) is 28.1 Å². The minimum absolute atomic E-state index is 0.949. The highest BCUT2D eigenvalue weighted by molar-refractivity contribution is 6.22. The average Bonchev–Trinajstić information content (AvgIpc) is 3.53. The Hall–Kier alpha value is -5.15. The highest BCUT2D eigenvalue weighted by Crippen LogP contribution is 2.39. The van der Waals surface area contributed by atoms with Crippen molar-refractivity contribution in [3.8, 4) is 22.8 Å². The first kappa shape index (κ1) is 21.0. The van der Waals surface area contributed by atoms with Crippen molar-refractivity contribution in [3.05, 3.63) is 140 Å². The minimum atomic E-state index is 0.949. The molecule has 3 heteroatoms. The number of fused-ring (bicyclic) bond motifs is 6. The van der Waals surface area contributed by atoms with Crippen molar-refractivity contribution in [2.24, 2.45) is 0 Å². The number of rotatable bonds is 3. The summed E-state index contributed by atoms with van der Waals surface area (Å²) in [4.78, 5) is 5.16. The topological polar surface area (TPSA) is 22.8 Å². The van der Waals surface area contributed by atoms with Gasteiger partial charge in [-0.25, -0.2) is 4.98 Å². The lowest BCUT2D eigenvalue weighted by atomic mass is 10.0. The summed E-state index contributed by atoms with van der Waals surface area (Å²) in [6.45, 7) is 0. The van der Waals surface area contributed by atoms with Crippen molar-refractivity contribution in [2.75, 3.05) is 0 Å². The molecule has 2 aromatic heterocycles. The average molecular weight is 486 g/mol. The van der Waals surface area contributed by atoms with E-state index >= 15 is 0 Å². The fourth-order valence-electron chi connectivity index (χ4n) is 5.84. The van der Waals surface area contributed by atoms with Gasteiger partial charge in [0.05, 0.1) is 22.1 Å². The van der Waals surface area contributed by atoms with Gasteiger partial charge in [-0.05, 0) is 59.3 Å². The lowest BCUT2D eigenvalue weighted by Gasteiger charge is -2.10.